The van der Waals surface area contributed by atoms with E-state index in [-0.39, 0.29) is 37.4 Å². The number of unbranched alkanes of at least 4 members (excludes halogenated alkanes) is 1. The van der Waals surface area contributed by atoms with Crippen LogP contribution in [0.1, 0.15) is 63.5 Å². The molecule has 8 nitrogen and oxygen atoms in total. The minimum Gasteiger partial charge on any atom is -0.480 e. The van der Waals surface area contributed by atoms with E-state index in [4.69, 9.17) is 9.26 Å². The van der Waals surface area contributed by atoms with Crippen molar-refractivity contribution in [2.75, 3.05) is 18.9 Å². The van der Waals surface area contributed by atoms with E-state index >= 15 is 0 Å². The summed E-state index contributed by atoms with van der Waals surface area (Å²) in [6.07, 6.45) is 1.14. The van der Waals surface area contributed by atoms with E-state index in [1.807, 2.05) is 60.7 Å². The quantitative estimate of drug-likeness (QED) is 0.137. The minimum absolute atomic E-state index is 0.128. The molecule has 2 aromatic carbocycles. The van der Waals surface area contributed by atoms with Crippen LogP contribution in [-0.4, -0.2) is 59.1 Å². The van der Waals surface area contributed by atoms with E-state index in [0.717, 1.165) is 24.0 Å². The molecular weight excluding hydrogens is 517 g/mol. The maximum atomic E-state index is 14.2. The van der Waals surface area contributed by atoms with Gasteiger partial charge in [-0.1, -0.05) is 81.4 Å². The second-order valence-electron chi connectivity index (χ2n) is 10.4. The number of benzene rings is 2. The lowest BCUT2D eigenvalue weighted by Crippen LogP contribution is -2.42. The smallest absolute Gasteiger partial charge is 0.326 e. The zero-order chi connectivity index (χ0) is 28.4. The van der Waals surface area contributed by atoms with Gasteiger partial charge in [0.1, 0.15) is 12.2 Å². The first-order valence-corrected chi connectivity index (χ1v) is 15.7. The fraction of sp³-hybridized carbons (Fsp3) is 0.500. The number of nitrogens with zero attached hydrogens (tertiary/aromatic N) is 1. The van der Waals surface area contributed by atoms with Gasteiger partial charge in [0, 0.05) is 31.0 Å². The molecule has 1 amide bonds. The molecule has 2 aromatic rings. The number of likely N-dealkylation sites (tertiary alicyclic amines) is 1. The van der Waals surface area contributed by atoms with Crippen molar-refractivity contribution >= 4 is 25.2 Å². The number of aliphatic carboxylic acids is 1. The van der Waals surface area contributed by atoms with Gasteiger partial charge in [-0.15, -0.1) is 0 Å². The highest BCUT2D eigenvalue weighted by molar-refractivity contribution is 7.59. The number of esters is 1. The fourth-order valence-electron chi connectivity index (χ4n) is 4.79. The van der Waals surface area contributed by atoms with Crippen LogP contribution in [0.25, 0.3) is 0 Å². The first-order valence-electron chi connectivity index (χ1n) is 13.7. The Labute approximate surface area is 231 Å². The highest BCUT2D eigenvalue weighted by Gasteiger charge is 2.43. The summed E-state index contributed by atoms with van der Waals surface area (Å²) in [4.78, 5) is 39.0. The van der Waals surface area contributed by atoms with Gasteiger partial charge < -0.3 is 14.7 Å². The normalized spacial score (nSPS) is 19.4. The lowest BCUT2D eigenvalue weighted by molar-refractivity contribution is -0.169. The summed E-state index contributed by atoms with van der Waals surface area (Å²) >= 11 is 0. The summed E-state index contributed by atoms with van der Waals surface area (Å²) in [6, 6.07) is 18.4. The molecule has 1 saturated heterocycles. The van der Waals surface area contributed by atoms with Crippen molar-refractivity contribution in [1.82, 2.24) is 4.90 Å². The SMILES string of the molecule is CCC(=O)O[C@@H](OP(=O)(CCCCc1ccccc1)CC(=O)N1C[C@H](c2ccccc2)C[C@@H]1C(=O)O)C(C)C. The summed E-state index contributed by atoms with van der Waals surface area (Å²) in [6.45, 7) is 5.47. The third kappa shape index (κ3) is 9.04. The molecule has 1 N–H and O–H groups in total. The molecule has 0 aromatic heterocycles. The predicted molar refractivity (Wildman–Crippen MR) is 150 cm³/mol. The van der Waals surface area contributed by atoms with Crippen molar-refractivity contribution in [2.24, 2.45) is 5.92 Å². The second kappa shape index (κ2) is 14.4. The van der Waals surface area contributed by atoms with Gasteiger partial charge in [-0.2, -0.15) is 0 Å². The van der Waals surface area contributed by atoms with Gasteiger partial charge in [-0.3, -0.25) is 18.7 Å². The average Bonchev–Trinajstić information content (AvgIpc) is 3.38. The Morgan fingerprint density at radius 3 is 2.26 bits per heavy atom. The minimum atomic E-state index is -3.64. The molecule has 212 valence electrons. The van der Waals surface area contributed by atoms with E-state index in [1.54, 1.807) is 20.8 Å². The zero-order valence-corrected chi connectivity index (χ0v) is 23.9. The number of carbonyl (C=O) groups excluding carboxylic acids is 2. The van der Waals surface area contributed by atoms with Crippen LogP contribution in [0.2, 0.25) is 0 Å². The highest BCUT2D eigenvalue weighted by atomic mass is 31.2. The van der Waals surface area contributed by atoms with E-state index < -0.39 is 43.7 Å². The van der Waals surface area contributed by atoms with Crippen LogP contribution in [0.5, 0.6) is 0 Å². The van der Waals surface area contributed by atoms with Crippen molar-refractivity contribution in [2.45, 2.75) is 71.1 Å². The zero-order valence-electron chi connectivity index (χ0n) is 23.0. The summed E-state index contributed by atoms with van der Waals surface area (Å²) in [7, 11) is -3.64. The number of amides is 1. The second-order valence-corrected chi connectivity index (χ2v) is 13.0. The van der Waals surface area contributed by atoms with Crippen molar-refractivity contribution in [3.63, 3.8) is 0 Å². The van der Waals surface area contributed by atoms with E-state index in [2.05, 4.69) is 0 Å². The number of hydrogen-bond donors (Lipinski definition) is 1. The molecule has 0 aliphatic carbocycles. The standard InChI is InChI=1S/C30H40NO7P/c1-4-28(33)37-30(22(2)3)38-39(36,18-12-11-15-23-13-7-5-8-14-23)21-27(32)31-20-25(19-26(31)29(34)35)24-16-9-6-10-17-24/h5-10,13-14,16-17,22,25-26,30H,4,11-12,15,18-21H2,1-3H3,(H,34,35)/t25-,26-,30+,39?/m1/s1. The van der Waals surface area contributed by atoms with E-state index in [0.29, 0.717) is 6.42 Å². The molecule has 0 bridgehead atoms. The van der Waals surface area contributed by atoms with Gasteiger partial charge in [0.2, 0.25) is 19.6 Å². The van der Waals surface area contributed by atoms with Crippen LogP contribution >= 0.6 is 7.37 Å². The molecule has 0 radical (unpaired) electrons. The molecule has 0 spiro atoms. The summed E-state index contributed by atoms with van der Waals surface area (Å²) in [5.74, 6) is -2.49. The van der Waals surface area contributed by atoms with E-state index in [1.165, 1.54) is 4.90 Å². The fourth-order valence-corrected chi connectivity index (χ4v) is 7.09. The number of carbonyl (C=O) groups is 3. The highest BCUT2D eigenvalue weighted by Crippen LogP contribution is 2.51. The molecule has 1 aliphatic heterocycles. The number of hydrogen-bond acceptors (Lipinski definition) is 6. The van der Waals surface area contributed by atoms with E-state index in [9.17, 15) is 24.1 Å². The van der Waals surface area contributed by atoms with Gasteiger partial charge in [0.05, 0.1) is 0 Å². The Bertz CT molecular complexity index is 1140. The topological polar surface area (TPSA) is 110 Å². The molecule has 1 aliphatic rings. The van der Waals surface area contributed by atoms with Gasteiger partial charge in [-0.25, -0.2) is 4.79 Å². The number of carboxylic acids is 1. The van der Waals surface area contributed by atoms with Crippen LogP contribution in [0.4, 0.5) is 0 Å². The van der Waals surface area contributed by atoms with Crippen LogP contribution in [0.15, 0.2) is 60.7 Å². The third-order valence-electron chi connectivity index (χ3n) is 6.99. The van der Waals surface area contributed by atoms with Crippen molar-refractivity contribution in [1.29, 1.82) is 0 Å². The molecule has 3 rings (SSSR count). The first kappa shape index (κ1) is 30.6. The molecule has 1 heterocycles. The number of carboxylic acid groups (broad SMARTS) is 1. The number of aryl methyl sites for hydroxylation is 1. The Morgan fingerprint density at radius 2 is 1.67 bits per heavy atom. The maximum Gasteiger partial charge on any atom is 0.326 e. The van der Waals surface area contributed by atoms with Crippen molar-refractivity contribution < 1.29 is 33.3 Å². The molecular formula is C30H40NO7P. The first-order chi connectivity index (χ1) is 18.6. The lowest BCUT2D eigenvalue weighted by atomic mass is 9.96. The maximum absolute atomic E-state index is 14.2. The summed E-state index contributed by atoms with van der Waals surface area (Å²) in [5.41, 5.74) is 2.13. The monoisotopic (exact) mass is 557 g/mol. The number of ether oxygens (including phenoxy) is 1. The molecule has 0 saturated carbocycles. The Hall–Kier alpha value is -2.96. The molecule has 1 fully saturated rings. The summed E-state index contributed by atoms with van der Waals surface area (Å²) < 4.78 is 25.6. The Kier molecular flexibility index (Phi) is 11.3. The van der Waals surface area contributed by atoms with Gasteiger partial charge >= 0.3 is 11.9 Å². The molecule has 9 heteroatoms. The van der Waals surface area contributed by atoms with Crippen LogP contribution in [-0.2, 0) is 34.6 Å². The lowest BCUT2D eigenvalue weighted by Gasteiger charge is -2.29. The largest absolute Gasteiger partial charge is 0.480 e. The van der Waals surface area contributed by atoms with Crippen LogP contribution in [0.3, 0.4) is 0 Å². The Morgan fingerprint density at radius 1 is 1.03 bits per heavy atom. The van der Waals surface area contributed by atoms with Gasteiger partial charge in [0.15, 0.2) is 0 Å². The van der Waals surface area contributed by atoms with Crippen molar-refractivity contribution in [3.05, 3.63) is 71.8 Å². The van der Waals surface area contributed by atoms with Crippen LogP contribution < -0.4 is 0 Å². The van der Waals surface area contributed by atoms with Crippen molar-refractivity contribution in [3.8, 4) is 0 Å². The molecule has 39 heavy (non-hydrogen) atoms. The summed E-state index contributed by atoms with van der Waals surface area (Å²) in [5, 5.41) is 9.87. The number of rotatable bonds is 14. The molecule has 4 atom stereocenters. The average molecular weight is 558 g/mol. The Balaban J connectivity index is 1.76. The third-order valence-corrected chi connectivity index (χ3v) is 9.33. The van der Waals surface area contributed by atoms with Crippen LogP contribution in [0, 0.1) is 5.92 Å². The predicted octanol–water partition coefficient (Wildman–Crippen LogP) is 5.71. The van der Waals surface area contributed by atoms with Gasteiger partial charge in [0.25, 0.3) is 0 Å². The molecule has 1 unspecified atom stereocenters. The van der Waals surface area contributed by atoms with Gasteiger partial charge in [-0.05, 0) is 36.8 Å².